The van der Waals surface area contributed by atoms with Crippen LogP contribution in [0.3, 0.4) is 0 Å². The second-order valence-corrected chi connectivity index (χ2v) is 8.59. The quantitative estimate of drug-likeness (QED) is 0.180. The molecule has 0 aliphatic heterocycles. The number of aromatic nitrogens is 3. The number of benzene rings is 2. The van der Waals surface area contributed by atoms with E-state index in [4.69, 9.17) is 9.94 Å². The Balaban J connectivity index is 1.41. The molecule has 0 amide bonds. The molecule has 0 fully saturated rings. The van der Waals surface area contributed by atoms with E-state index in [2.05, 4.69) is 51.5 Å². The Morgan fingerprint density at radius 3 is 2.82 bits per heavy atom. The number of hydrogen-bond donors (Lipinski definition) is 3. The monoisotopic (exact) mass is 458 g/mol. The van der Waals surface area contributed by atoms with Gasteiger partial charge in [-0.05, 0) is 73.9 Å². The van der Waals surface area contributed by atoms with E-state index in [9.17, 15) is 0 Å². The van der Waals surface area contributed by atoms with E-state index in [1.165, 1.54) is 0 Å². The highest BCUT2D eigenvalue weighted by Crippen LogP contribution is 2.36. The third-order valence-electron chi connectivity index (χ3n) is 5.03. The van der Waals surface area contributed by atoms with E-state index in [1.807, 2.05) is 48.6 Å². The lowest BCUT2D eigenvalue weighted by Crippen LogP contribution is -2.05. The summed E-state index contributed by atoms with van der Waals surface area (Å²) in [6.07, 6.45) is 8.22. The molecule has 0 aliphatic rings. The summed E-state index contributed by atoms with van der Waals surface area (Å²) in [5.41, 5.74) is 5.47. The number of pyridine rings is 1. The largest absolute Gasteiger partial charge is 0.492 e. The molecule has 0 aliphatic carbocycles. The van der Waals surface area contributed by atoms with Gasteiger partial charge in [0.05, 0.1) is 28.4 Å². The molecule has 7 heteroatoms. The van der Waals surface area contributed by atoms with E-state index in [-0.39, 0.29) is 0 Å². The van der Waals surface area contributed by atoms with Gasteiger partial charge in [0, 0.05) is 22.2 Å². The fraction of sp³-hybridized carbons (Fsp3) is 0.154. The van der Waals surface area contributed by atoms with Crippen LogP contribution in [0.15, 0.2) is 88.9 Å². The molecule has 4 aromatic rings. The first-order valence-electron chi connectivity index (χ1n) is 10.8. The number of rotatable bonds is 11. The molecule has 0 bridgehead atoms. The van der Waals surface area contributed by atoms with Crippen molar-refractivity contribution in [3.63, 3.8) is 0 Å². The lowest BCUT2D eigenvalue weighted by Gasteiger charge is -2.11. The van der Waals surface area contributed by atoms with Gasteiger partial charge in [0.25, 0.3) is 0 Å². The van der Waals surface area contributed by atoms with Gasteiger partial charge in [-0.15, -0.1) is 0 Å². The van der Waals surface area contributed by atoms with Crippen molar-refractivity contribution in [2.24, 2.45) is 0 Å². The molecule has 6 nitrogen and oxygen atoms in total. The van der Waals surface area contributed by atoms with Gasteiger partial charge in [0.15, 0.2) is 0 Å². The third kappa shape index (κ3) is 6.25. The zero-order valence-electron chi connectivity index (χ0n) is 18.2. The summed E-state index contributed by atoms with van der Waals surface area (Å²) in [5.74, 6) is 0.866. The minimum Gasteiger partial charge on any atom is -0.492 e. The minimum absolute atomic E-state index is 0.613. The first-order chi connectivity index (χ1) is 16.2. The molecule has 3 N–H and O–H groups in total. The molecule has 168 valence electrons. The van der Waals surface area contributed by atoms with Gasteiger partial charge in [-0.3, -0.25) is 20.8 Å². The van der Waals surface area contributed by atoms with Crippen LogP contribution in [-0.2, 0) is 0 Å². The normalized spacial score (nSPS) is 11.2. The van der Waals surface area contributed by atoms with Gasteiger partial charge >= 0.3 is 0 Å². The Bertz CT molecular complexity index is 1240. The lowest BCUT2D eigenvalue weighted by molar-refractivity contribution is 0.195. The number of allylic oxidation sites excluding steroid dienone is 1. The third-order valence-corrected chi connectivity index (χ3v) is 6.08. The second kappa shape index (κ2) is 11.4. The Kier molecular flexibility index (Phi) is 7.79. The van der Waals surface area contributed by atoms with Crippen LogP contribution in [0.5, 0.6) is 5.75 Å². The predicted octanol–water partition coefficient (Wildman–Crippen LogP) is 6.32. The summed E-state index contributed by atoms with van der Waals surface area (Å²) in [4.78, 5) is 6.48. The molecule has 0 spiro atoms. The number of H-pyrrole nitrogens is 1. The lowest BCUT2D eigenvalue weighted by atomic mass is 10.2. The van der Waals surface area contributed by atoms with E-state index in [1.54, 1.807) is 18.0 Å². The molecule has 0 unspecified atom stereocenters. The second-order valence-electron chi connectivity index (χ2n) is 7.47. The molecule has 0 atom stereocenters. The summed E-state index contributed by atoms with van der Waals surface area (Å²) in [6.45, 7) is 4.33. The first-order valence-corrected chi connectivity index (χ1v) is 11.6. The van der Waals surface area contributed by atoms with Crippen LogP contribution >= 0.6 is 11.8 Å². The van der Waals surface area contributed by atoms with Crippen molar-refractivity contribution in [3.05, 3.63) is 90.5 Å². The van der Waals surface area contributed by atoms with Crippen LogP contribution < -0.4 is 10.2 Å². The van der Waals surface area contributed by atoms with Crippen molar-refractivity contribution in [3.8, 4) is 5.75 Å². The van der Waals surface area contributed by atoms with Crippen molar-refractivity contribution in [2.75, 3.05) is 6.61 Å². The van der Waals surface area contributed by atoms with Gasteiger partial charge in [-0.25, -0.2) is 0 Å². The van der Waals surface area contributed by atoms with E-state index >= 15 is 0 Å². The number of para-hydroxylation sites is 1. The summed E-state index contributed by atoms with van der Waals surface area (Å²) in [6, 6.07) is 20.2. The zero-order chi connectivity index (χ0) is 22.9. The van der Waals surface area contributed by atoms with Crippen LogP contribution in [-0.4, -0.2) is 27.0 Å². The Hall–Kier alpha value is -3.55. The maximum absolute atomic E-state index is 8.79. The maximum atomic E-state index is 8.79. The topological polar surface area (TPSA) is 83.1 Å². The highest BCUT2D eigenvalue weighted by Gasteiger charge is 2.09. The number of nitrogens with one attached hydrogen (secondary N) is 2. The zero-order valence-corrected chi connectivity index (χ0v) is 19.0. The molecule has 0 saturated carbocycles. The van der Waals surface area contributed by atoms with E-state index in [0.717, 1.165) is 57.1 Å². The maximum Gasteiger partial charge on any atom is 0.133 e. The van der Waals surface area contributed by atoms with Crippen molar-refractivity contribution < 1.29 is 9.94 Å². The minimum atomic E-state index is 0.613. The molecule has 2 aromatic carbocycles. The highest BCUT2D eigenvalue weighted by molar-refractivity contribution is 7.99. The van der Waals surface area contributed by atoms with Crippen molar-refractivity contribution in [1.82, 2.24) is 20.7 Å². The highest BCUT2D eigenvalue weighted by atomic mass is 32.2. The van der Waals surface area contributed by atoms with E-state index < -0.39 is 0 Å². The fourth-order valence-electron chi connectivity index (χ4n) is 3.31. The average molecular weight is 459 g/mol. The molecule has 2 aromatic heterocycles. The van der Waals surface area contributed by atoms with Crippen LogP contribution in [0, 0.1) is 0 Å². The number of ether oxygens (including phenoxy) is 1. The molecule has 33 heavy (non-hydrogen) atoms. The standard InChI is InChI=1S/C26H26N4O2S/c1-19(30-31)8-5-7-17-32-25-10-2-3-11-26(25)33-21-13-14-22-23(28-29-24(22)18-21)15-12-20-9-4-6-16-27-20/h2-4,6,9-16,18,30-31H,1,5,7-8,17H2,(H,28,29)/b15-12+. The Morgan fingerprint density at radius 1 is 1.09 bits per heavy atom. The Morgan fingerprint density at radius 2 is 1.97 bits per heavy atom. The first kappa shape index (κ1) is 22.6. The number of hydroxylamine groups is 1. The number of aromatic amines is 1. The summed E-state index contributed by atoms with van der Waals surface area (Å²) in [5, 5.41) is 17.4. The number of fused-ring (bicyclic) bond motifs is 1. The van der Waals surface area contributed by atoms with Gasteiger partial charge in [-0.2, -0.15) is 5.10 Å². The molecule has 0 radical (unpaired) electrons. The van der Waals surface area contributed by atoms with Crippen LogP contribution in [0.25, 0.3) is 23.1 Å². The van der Waals surface area contributed by atoms with Gasteiger partial charge in [0.2, 0.25) is 0 Å². The average Bonchev–Trinajstić information content (AvgIpc) is 3.26. The molecular weight excluding hydrogens is 432 g/mol. The van der Waals surface area contributed by atoms with Crippen LogP contribution in [0.2, 0.25) is 0 Å². The van der Waals surface area contributed by atoms with Crippen LogP contribution in [0.1, 0.15) is 30.7 Å². The fourth-order valence-corrected chi connectivity index (χ4v) is 4.25. The number of hydrogen-bond acceptors (Lipinski definition) is 6. The smallest absolute Gasteiger partial charge is 0.133 e. The molecule has 4 rings (SSSR count). The number of nitrogens with zero attached hydrogens (tertiary/aromatic N) is 2. The summed E-state index contributed by atoms with van der Waals surface area (Å²) >= 11 is 1.66. The van der Waals surface area contributed by atoms with Crippen molar-refractivity contribution in [2.45, 2.75) is 29.1 Å². The van der Waals surface area contributed by atoms with Gasteiger partial charge in [0.1, 0.15) is 5.75 Å². The van der Waals surface area contributed by atoms with E-state index in [0.29, 0.717) is 12.3 Å². The molecule has 0 saturated heterocycles. The summed E-state index contributed by atoms with van der Waals surface area (Å²) in [7, 11) is 0. The van der Waals surface area contributed by atoms with Gasteiger partial charge < -0.3 is 4.74 Å². The number of unbranched alkanes of at least 4 members (excludes halogenated alkanes) is 1. The van der Waals surface area contributed by atoms with Crippen molar-refractivity contribution in [1.29, 1.82) is 0 Å². The summed E-state index contributed by atoms with van der Waals surface area (Å²) < 4.78 is 6.02. The SMILES string of the molecule is C=C(CCCCOc1ccccc1Sc1ccc2c(/C=C/c3ccccn3)n[nH]c2c1)NO. The van der Waals surface area contributed by atoms with Crippen LogP contribution in [0.4, 0.5) is 0 Å². The predicted molar refractivity (Wildman–Crippen MR) is 133 cm³/mol. The Labute approximate surface area is 197 Å². The molecular formula is C26H26N4O2S. The van der Waals surface area contributed by atoms with Crippen molar-refractivity contribution >= 4 is 34.8 Å². The van der Waals surface area contributed by atoms with Gasteiger partial charge in [-0.1, -0.05) is 36.5 Å². The molecule has 2 heterocycles.